The van der Waals surface area contributed by atoms with E-state index in [9.17, 15) is 9.59 Å². The normalized spacial score (nSPS) is 16.9. The topological polar surface area (TPSA) is 97.1 Å². The molecule has 2 atom stereocenters. The molecule has 200 valence electrons. The molecule has 3 aromatic carbocycles. The van der Waals surface area contributed by atoms with Gasteiger partial charge in [-0.05, 0) is 47.9 Å². The second-order valence-electron chi connectivity index (χ2n) is 9.42. The van der Waals surface area contributed by atoms with Crippen LogP contribution in [0.1, 0.15) is 27.9 Å². The molecule has 1 aliphatic heterocycles. The summed E-state index contributed by atoms with van der Waals surface area (Å²) in [5.41, 5.74) is 8.39. The number of hydrogen-bond donors (Lipinski definition) is 2. The molecule has 0 aromatic heterocycles. The zero-order valence-corrected chi connectivity index (χ0v) is 22.0. The maximum Gasteiger partial charge on any atom is 0.254 e. The molecule has 0 spiro atoms. The summed E-state index contributed by atoms with van der Waals surface area (Å²) < 4.78 is 10.8. The van der Waals surface area contributed by atoms with Gasteiger partial charge in [0.15, 0.2) is 0 Å². The van der Waals surface area contributed by atoms with Crippen LogP contribution in [0.4, 0.5) is 0 Å². The number of nitrogens with one attached hydrogen (secondary N) is 1. The van der Waals surface area contributed by atoms with Crippen LogP contribution in [0.15, 0.2) is 78.9 Å². The molecule has 8 heteroatoms. The molecule has 0 bridgehead atoms. The average molecular weight is 517 g/mol. The highest BCUT2D eigenvalue weighted by Gasteiger charge is 2.42. The Balaban J connectivity index is 1.64. The minimum Gasteiger partial charge on any atom is -0.497 e. The first kappa shape index (κ1) is 27.2. The van der Waals surface area contributed by atoms with E-state index in [1.54, 1.807) is 43.4 Å². The summed E-state index contributed by atoms with van der Waals surface area (Å²) >= 11 is 0. The third kappa shape index (κ3) is 6.70. The lowest BCUT2D eigenvalue weighted by Gasteiger charge is -2.29. The van der Waals surface area contributed by atoms with Crippen LogP contribution in [-0.2, 0) is 17.9 Å². The van der Waals surface area contributed by atoms with Crippen molar-refractivity contribution in [3.63, 3.8) is 0 Å². The number of nitrogens with zero attached hydrogens (tertiary/aromatic N) is 2. The summed E-state index contributed by atoms with van der Waals surface area (Å²) in [6.45, 7) is 2.45. The molecular formula is C30H36N4O4. The quantitative estimate of drug-likeness (QED) is 0.407. The number of likely N-dealkylation sites (tertiary alicyclic amines) is 1. The number of carbonyl (C=O) groups excluding carboxylic acids is 2. The Kier molecular flexibility index (Phi) is 9.35. The van der Waals surface area contributed by atoms with Crippen LogP contribution < -0.4 is 20.5 Å². The maximum atomic E-state index is 13.7. The van der Waals surface area contributed by atoms with Gasteiger partial charge >= 0.3 is 0 Å². The Bertz CT molecular complexity index is 1220. The molecular weight excluding hydrogens is 480 g/mol. The van der Waals surface area contributed by atoms with Crippen LogP contribution in [-0.4, -0.2) is 67.6 Å². The smallest absolute Gasteiger partial charge is 0.254 e. The Morgan fingerprint density at radius 2 is 1.58 bits per heavy atom. The van der Waals surface area contributed by atoms with E-state index in [1.165, 1.54) is 0 Å². The first-order chi connectivity index (χ1) is 18.5. The van der Waals surface area contributed by atoms with E-state index >= 15 is 0 Å². The number of nitrogens with two attached hydrogens (primary N) is 1. The lowest BCUT2D eigenvalue weighted by molar-refractivity contribution is -0.124. The van der Waals surface area contributed by atoms with E-state index in [-0.39, 0.29) is 17.9 Å². The summed E-state index contributed by atoms with van der Waals surface area (Å²) in [6, 6.07) is 24.6. The second kappa shape index (κ2) is 13.1. The molecule has 1 fully saturated rings. The fourth-order valence-electron chi connectivity index (χ4n) is 4.92. The molecule has 8 nitrogen and oxygen atoms in total. The molecule has 1 heterocycles. The van der Waals surface area contributed by atoms with Gasteiger partial charge in [-0.1, -0.05) is 48.5 Å². The number of carbonyl (C=O) groups is 2. The van der Waals surface area contributed by atoms with Crippen molar-refractivity contribution in [1.82, 2.24) is 15.1 Å². The van der Waals surface area contributed by atoms with Crippen LogP contribution in [0, 0.1) is 0 Å². The van der Waals surface area contributed by atoms with Gasteiger partial charge in [-0.15, -0.1) is 0 Å². The Labute approximate surface area is 224 Å². The van der Waals surface area contributed by atoms with E-state index < -0.39 is 6.04 Å². The number of amides is 2. The summed E-state index contributed by atoms with van der Waals surface area (Å²) in [7, 11) is 3.23. The summed E-state index contributed by atoms with van der Waals surface area (Å²) in [5, 5.41) is 2.89. The molecule has 0 aliphatic carbocycles. The first-order valence-corrected chi connectivity index (χ1v) is 12.9. The van der Waals surface area contributed by atoms with Gasteiger partial charge in [0.1, 0.15) is 17.5 Å². The zero-order valence-electron chi connectivity index (χ0n) is 22.0. The fraction of sp³-hybridized carbons (Fsp3) is 0.333. The highest BCUT2D eigenvalue weighted by Crippen LogP contribution is 2.28. The predicted octanol–water partition coefficient (Wildman–Crippen LogP) is 3.06. The molecule has 3 N–H and O–H groups in total. The van der Waals surface area contributed by atoms with Crippen molar-refractivity contribution in [2.24, 2.45) is 5.73 Å². The first-order valence-electron chi connectivity index (χ1n) is 12.9. The van der Waals surface area contributed by atoms with Crippen LogP contribution in [0.2, 0.25) is 0 Å². The molecule has 2 amide bonds. The Morgan fingerprint density at radius 3 is 2.29 bits per heavy atom. The van der Waals surface area contributed by atoms with Crippen LogP contribution in [0.3, 0.4) is 0 Å². The van der Waals surface area contributed by atoms with Crippen molar-refractivity contribution in [1.29, 1.82) is 0 Å². The molecule has 0 saturated carbocycles. The summed E-state index contributed by atoms with van der Waals surface area (Å²) in [5.74, 6) is 1.01. The van der Waals surface area contributed by atoms with Crippen molar-refractivity contribution in [2.75, 3.05) is 33.9 Å². The van der Waals surface area contributed by atoms with Crippen molar-refractivity contribution < 1.29 is 19.1 Å². The summed E-state index contributed by atoms with van der Waals surface area (Å²) in [6.07, 6.45) is 0.517. The average Bonchev–Trinajstić information content (AvgIpc) is 3.41. The van der Waals surface area contributed by atoms with Gasteiger partial charge in [-0.3, -0.25) is 14.5 Å². The number of rotatable bonds is 11. The zero-order chi connectivity index (χ0) is 26.9. The van der Waals surface area contributed by atoms with Crippen LogP contribution in [0.25, 0.3) is 0 Å². The maximum absolute atomic E-state index is 13.7. The third-order valence-corrected chi connectivity index (χ3v) is 6.87. The number of hydrogen-bond acceptors (Lipinski definition) is 6. The number of methoxy groups -OCH3 is 2. The lowest BCUT2D eigenvalue weighted by Crippen LogP contribution is -2.47. The van der Waals surface area contributed by atoms with Gasteiger partial charge in [0.25, 0.3) is 5.91 Å². The molecule has 4 rings (SSSR count). The second-order valence-corrected chi connectivity index (χ2v) is 9.42. The van der Waals surface area contributed by atoms with Gasteiger partial charge < -0.3 is 25.4 Å². The van der Waals surface area contributed by atoms with E-state index in [0.29, 0.717) is 50.5 Å². The van der Waals surface area contributed by atoms with Crippen molar-refractivity contribution in [3.8, 4) is 11.5 Å². The molecule has 1 saturated heterocycles. The van der Waals surface area contributed by atoms with E-state index in [2.05, 4.69) is 28.4 Å². The molecule has 38 heavy (non-hydrogen) atoms. The van der Waals surface area contributed by atoms with Crippen molar-refractivity contribution >= 4 is 11.8 Å². The van der Waals surface area contributed by atoms with Crippen molar-refractivity contribution in [2.45, 2.75) is 31.6 Å². The third-order valence-electron chi connectivity index (χ3n) is 6.87. The van der Waals surface area contributed by atoms with E-state index in [4.69, 9.17) is 15.2 Å². The molecule has 0 radical (unpaired) electrons. The fourth-order valence-corrected chi connectivity index (χ4v) is 4.92. The number of benzene rings is 3. The minimum atomic E-state index is -0.603. The minimum absolute atomic E-state index is 0.0374. The van der Waals surface area contributed by atoms with Gasteiger partial charge in [0.2, 0.25) is 5.91 Å². The van der Waals surface area contributed by atoms with Crippen LogP contribution >= 0.6 is 0 Å². The Hall–Kier alpha value is -3.88. The highest BCUT2D eigenvalue weighted by molar-refractivity contribution is 5.98. The lowest BCUT2D eigenvalue weighted by atomic mass is 10.1. The predicted molar refractivity (Wildman–Crippen MR) is 147 cm³/mol. The van der Waals surface area contributed by atoms with Crippen LogP contribution in [0.5, 0.6) is 11.5 Å². The highest BCUT2D eigenvalue weighted by atomic mass is 16.5. The van der Waals surface area contributed by atoms with E-state index in [0.717, 1.165) is 16.9 Å². The molecule has 2 unspecified atom stereocenters. The standard InChI is InChI=1S/C30H36N4O4/c1-37-26-12-6-10-23(16-26)20-33(19-22-8-4-3-5-9-22)25-18-28(29(35)32-15-14-31)34(21-25)30(36)24-11-7-13-27(17-24)38-2/h3-13,16-17,25,28H,14-15,18-21,31H2,1-2H3,(H,32,35). The van der Waals surface area contributed by atoms with Crippen molar-refractivity contribution in [3.05, 3.63) is 95.6 Å². The Morgan fingerprint density at radius 1 is 0.921 bits per heavy atom. The van der Waals surface area contributed by atoms with Gasteiger partial charge in [0.05, 0.1) is 14.2 Å². The largest absolute Gasteiger partial charge is 0.497 e. The van der Waals surface area contributed by atoms with Gasteiger partial charge in [-0.25, -0.2) is 0 Å². The monoisotopic (exact) mass is 516 g/mol. The van der Waals surface area contributed by atoms with Gasteiger partial charge in [-0.2, -0.15) is 0 Å². The molecule has 1 aliphatic rings. The van der Waals surface area contributed by atoms with Gasteiger partial charge in [0, 0.05) is 44.3 Å². The molecule has 3 aromatic rings. The van der Waals surface area contributed by atoms with E-state index in [1.807, 2.05) is 36.4 Å². The summed E-state index contributed by atoms with van der Waals surface area (Å²) in [4.78, 5) is 31.0. The number of ether oxygens (including phenoxy) is 2. The SMILES string of the molecule is COc1cccc(CN(Cc2ccccc2)C2CC(C(=O)NCCN)N(C(=O)c3cccc(OC)c3)C2)c1.